The highest BCUT2D eigenvalue weighted by atomic mass is 16.3. The van der Waals surface area contributed by atoms with E-state index in [0.29, 0.717) is 12.3 Å². The molecule has 0 spiro atoms. The molecule has 1 amide bonds. The molecule has 3 nitrogen and oxygen atoms in total. The maximum Gasteiger partial charge on any atom is 0.286 e. The average molecular weight is 181 g/mol. The Morgan fingerprint density at radius 2 is 2.23 bits per heavy atom. The molecule has 0 aliphatic heterocycles. The van der Waals surface area contributed by atoms with Crippen LogP contribution in [0, 0.1) is 5.41 Å². The lowest BCUT2D eigenvalue weighted by atomic mass is 9.97. The molecule has 1 aromatic heterocycles. The molecule has 0 aliphatic rings. The molecule has 0 saturated heterocycles. The Balaban J connectivity index is 2.44. The van der Waals surface area contributed by atoms with E-state index in [0.717, 1.165) is 0 Å². The first-order valence-electron chi connectivity index (χ1n) is 4.31. The van der Waals surface area contributed by atoms with Gasteiger partial charge < -0.3 is 9.73 Å². The van der Waals surface area contributed by atoms with E-state index >= 15 is 0 Å². The second-order valence-corrected chi connectivity index (χ2v) is 4.22. The number of amides is 1. The van der Waals surface area contributed by atoms with Gasteiger partial charge in [-0.1, -0.05) is 20.8 Å². The summed E-state index contributed by atoms with van der Waals surface area (Å²) in [6, 6.07) is 3.35. The normalized spacial score (nSPS) is 11.3. The third-order valence-electron chi connectivity index (χ3n) is 1.52. The predicted molar refractivity (Wildman–Crippen MR) is 50.5 cm³/mol. The number of hydrogen-bond acceptors (Lipinski definition) is 2. The Morgan fingerprint density at radius 3 is 2.69 bits per heavy atom. The Hall–Kier alpha value is -1.25. The molecule has 72 valence electrons. The van der Waals surface area contributed by atoms with Gasteiger partial charge in [0, 0.05) is 6.54 Å². The highest BCUT2D eigenvalue weighted by molar-refractivity contribution is 5.91. The predicted octanol–water partition coefficient (Wildman–Crippen LogP) is 2.06. The summed E-state index contributed by atoms with van der Waals surface area (Å²) in [5.41, 5.74) is 0.0995. The van der Waals surface area contributed by atoms with Crippen LogP contribution >= 0.6 is 0 Å². The van der Waals surface area contributed by atoms with Crippen molar-refractivity contribution in [3.05, 3.63) is 24.2 Å². The molecule has 1 aromatic rings. The van der Waals surface area contributed by atoms with Crippen molar-refractivity contribution in [1.29, 1.82) is 0 Å². The van der Waals surface area contributed by atoms with Crippen molar-refractivity contribution >= 4 is 5.91 Å². The van der Waals surface area contributed by atoms with Crippen LogP contribution in [-0.2, 0) is 0 Å². The topological polar surface area (TPSA) is 42.2 Å². The van der Waals surface area contributed by atoms with Crippen molar-refractivity contribution in [1.82, 2.24) is 5.32 Å². The zero-order valence-corrected chi connectivity index (χ0v) is 8.26. The summed E-state index contributed by atoms with van der Waals surface area (Å²) in [6.07, 6.45) is 1.49. The van der Waals surface area contributed by atoms with Gasteiger partial charge in [-0.15, -0.1) is 0 Å². The summed E-state index contributed by atoms with van der Waals surface area (Å²) in [6.45, 7) is 6.84. The first-order chi connectivity index (χ1) is 5.99. The van der Waals surface area contributed by atoms with E-state index in [2.05, 4.69) is 26.1 Å². The third-order valence-corrected chi connectivity index (χ3v) is 1.52. The lowest BCUT2D eigenvalue weighted by molar-refractivity contribution is 0.0911. The summed E-state index contributed by atoms with van der Waals surface area (Å²) in [7, 11) is 0. The molecule has 0 atom stereocenters. The van der Waals surface area contributed by atoms with Crippen LogP contribution in [0.25, 0.3) is 0 Å². The second kappa shape index (κ2) is 3.64. The second-order valence-electron chi connectivity index (χ2n) is 4.22. The zero-order valence-electron chi connectivity index (χ0n) is 8.26. The molecule has 3 heteroatoms. The number of furan rings is 1. The van der Waals surface area contributed by atoms with Gasteiger partial charge in [-0.3, -0.25) is 4.79 Å². The van der Waals surface area contributed by atoms with E-state index < -0.39 is 0 Å². The fraction of sp³-hybridized carbons (Fsp3) is 0.500. The van der Waals surface area contributed by atoms with Crippen LogP contribution in [0.15, 0.2) is 22.8 Å². The van der Waals surface area contributed by atoms with E-state index in [9.17, 15) is 4.79 Å². The van der Waals surface area contributed by atoms with Gasteiger partial charge in [0.2, 0.25) is 0 Å². The Kier molecular flexibility index (Phi) is 2.76. The van der Waals surface area contributed by atoms with Crippen molar-refractivity contribution in [2.24, 2.45) is 5.41 Å². The molecule has 1 heterocycles. The maximum absolute atomic E-state index is 11.3. The lowest BCUT2D eigenvalue weighted by Gasteiger charge is -2.17. The SMILES string of the molecule is CC(C)(C)CNC(=O)c1ccco1. The summed E-state index contributed by atoms with van der Waals surface area (Å²) in [4.78, 5) is 11.3. The fourth-order valence-electron chi connectivity index (χ4n) is 0.840. The molecule has 1 N–H and O–H groups in total. The molecular formula is C10H15NO2. The van der Waals surface area contributed by atoms with Gasteiger partial charge in [-0.05, 0) is 17.5 Å². The molecule has 13 heavy (non-hydrogen) atoms. The summed E-state index contributed by atoms with van der Waals surface area (Å²) in [5, 5.41) is 2.79. The quantitative estimate of drug-likeness (QED) is 0.758. The fourth-order valence-corrected chi connectivity index (χ4v) is 0.840. The Morgan fingerprint density at radius 1 is 1.54 bits per heavy atom. The molecule has 0 bridgehead atoms. The van der Waals surface area contributed by atoms with Gasteiger partial charge in [0.1, 0.15) is 0 Å². The van der Waals surface area contributed by atoms with Crippen LogP contribution in [0.2, 0.25) is 0 Å². The lowest BCUT2D eigenvalue weighted by Crippen LogP contribution is -2.31. The van der Waals surface area contributed by atoms with Gasteiger partial charge >= 0.3 is 0 Å². The van der Waals surface area contributed by atoms with Crippen molar-refractivity contribution in [3.63, 3.8) is 0 Å². The molecule has 0 aromatic carbocycles. The van der Waals surface area contributed by atoms with Crippen LogP contribution in [-0.4, -0.2) is 12.5 Å². The van der Waals surface area contributed by atoms with Crippen LogP contribution in [0.4, 0.5) is 0 Å². The van der Waals surface area contributed by atoms with E-state index in [4.69, 9.17) is 4.42 Å². The number of carbonyl (C=O) groups is 1. The Bertz CT molecular complexity index is 270. The highest BCUT2D eigenvalue weighted by Crippen LogP contribution is 2.10. The summed E-state index contributed by atoms with van der Waals surface area (Å²) < 4.78 is 4.95. The first kappa shape index (κ1) is 9.84. The van der Waals surface area contributed by atoms with Crippen molar-refractivity contribution in [3.8, 4) is 0 Å². The molecular weight excluding hydrogens is 166 g/mol. The maximum atomic E-state index is 11.3. The van der Waals surface area contributed by atoms with Gasteiger partial charge in [-0.25, -0.2) is 0 Å². The highest BCUT2D eigenvalue weighted by Gasteiger charge is 2.13. The number of carbonyl (C=O) groups excluding carboxylic acids is 1. The molecule has 0 unspecified atom stereocenters. The minimum atomic E-state index is -0.153. The van der Waals surface area contributed by atoms with Crippen molar-refractivity contribution in [2.45, 2.75) is 20.8 Å². The van der Waals surface area contributed by atoms with E-state index in [1.165, 1.54) is 6.26 Å². The minimum Gasteiger partial charge on any atom is -0.459 e. The monoisotopic (exact) mass is 181 g/mol. The number of hydrogen-bond donors (Lipinski definition) is 1. The smallest absolute Gasteiger partial charge is 0.286 e. The number of nitrogens with one attached hydrogen (secondary N) is 1. The van der Waals surface area contributed by atoms with E-state index in [-0.39, 0.29) is 11.3 Å². The van der Waals surface area contributed by atoms with Crippen LogP contribution in [0.3, 0.4) is 0 Å². The molecule has 0 aliphatic carbocycles. The molecule has 1 rings (SSSR count). The largest absolute Gasteiger partial charge is 0.459 e. The van der Waals surface area contributed by atoms with Crippen LogP contribution < -0.4 is 5.32 Å². The standard InChI is InChI=1S/C10H15NO2/c1-10(2,3)7-11-9(12)8-5-4-6-13-8/h4-6H,7H2,1-3H3,(H,11,12). The van der Waals surface area contributed by atoms with E-state index in [1.807, 2.05) is 0 Å². The first-order valence-corrected chi connectivity index (χ1v) is 4.31. The van der Waals surface area contributed by atoms with Gasteiger partial charge in [-0.2, -0.15) is 0 Å². The van der Waals surface area contributed by atoms with Crippen LogP contribution in [0.1, 0.15) is 31.3 Å². The molecule has 0 saturated carbocycles. The molecule has 0 radical (unpaired) electrons. The average Bonchev–Trinajstić information content (AvgIpc) is 2.50. The van der Waals surface area contributed by atoms with Crippen LogP contribution in [0.5, 0.6) is 0 Å². The summed E-state index contributed by atoms with van der Waals surface area (Å²) >= 11 is 0. The molecule has 0 fully saturated rings. The third kappa shape index (κ3) is 3.32. The van der Waals surface area contributed by atoms with Gasteiger partial charge in [0.15, 0.2) is 5.76 Å². The zero-order chi connectivity index (χ0) is 9.90. The van der Waals surface area contributed by atoms with E-state index in [1.54, 1.807) is 12.1 Å². The Labute approximate surface area is 78.1 Å². The van der Waals surface area contributed by atoms with Crippen molar-refractivity contribution in [2.75, 3.05) is 6.54 Å². The number of rotatable bonds is 2. The van der Waals surface area contributed by atoms with Crippen molar-refractivity contribution < 1.29 is 9.21 Å². The van der Waals surface area contributed by atoms with Gasteiger partial charge in [0.25, 0.3) is 5.91 Å². The summed E-state index contributed by atoms with van der Waals surface area (Å²) in [5.74, 6) is 0.212. The van der Waals surface area contributed by atoms with Gasteiger partial charge in [0.05, 0.1) is 6.26 Å². The minimum absolute atomic E-state index is 0.0995.